The minimum atomic E-state index is -0.159. The van der Waals surface area contributed by atoms with Crippen LogP contribution >= 0.6 is 11.6 Å². The van der Waals surface area contributed by atoms with Crippen LogP contribution in [0.5, 0.6) is 0 Å². The van der Waals surface area contributed by atoms with E-state index in [4.69, 9.17) is 17.3 Å². The fourth-order valence-corrected chi connectivity index (χ4v) is 3.41. The lowest BCUT2D eigenvalue weighted by atomic mass is 9.83. The van der Waals surface area contributed by atoms with E-state index in [1.54, 1.807) is 0 Å². The fraction of sp³-hybridized carbons (Fsp3) is 0.625. The van der Waals surface area contributed by atoms with Crippen molar-refractivity contribution in [1.82, 2.24) is 0 Å². The van der Waals surface area contributed by atoms with Crippen LogP contribution in [0.2, 0.25) is 5.02 Å². The molecule has 1 aromatic carbocycles. The Balaban J connectivity index is 2.11. The number of hydrogen-bond acceptors (Lipinski definition) is 1. The third-order valence-electron chi connectivity index (χ3n) is 4.33. The molecule has 0 bridgehead atoms. The number of halogens is 1. The summed E-state index contributed by atoms with van der Waals surface area (Å²) in [5.41, 5.74) is 7.70. The van der Waals surface area contributed by atoms with Gasteiger partial charge < -0.3 is 5.73 Å². The molecule has 1 fully saturated rings. The van der Waals surface area contributed by atoms with Crippen LogP contribution in [0.3, 0.4) is 0 Å². The summed E-state index contributed by atoms with van der Waals surface area (Å²) in [5, 5.41) is 0.798. The van der Waals surface area contributed by atoms with Crippen molar-refractivity contribution in [3.8, 4) is 0 Å². The minimum absolute atomic E-state index is 0.159. The molecule has 18 heavy (non-hydrogen) atoms. The molecule has 1 aliphatic rings. The lowest BCUT2D eigenvalue weighted by Crippen LogP contribution is -2.36. The van der Waals surface area contributed by atoms with Gasteiger partial charge in [0.1, 0.15) is 0 Å². The van der Waals surface area contributed by atoms with Crippen LogP contribution < -0.4 is 5.73 Å². The molecule has 2 unspecified atom stereocenters. The maximum Gasteiger partial charge on any atom is 0.0410 e. The van der Waals surface area contributed by atoms with E-state index in [1.165, 1.54) is 37.7 Å². The molecule has 0 amide bonds. The van der Waals surface area contributed by atoms with Crippen molar-refractivity contribution in [2.24, 2.45) is 11.7 Å². The molecule has 2 heteroatoms. The standard InChI is InChI=1S/C16H24ClN/c1-2-5-13-6-4-10-16(18,11-9-13)14-7-3-8-15(17)12-14/h3,7-8,12-13H,2,4-6,9-11,18H2,1H3. The lowest BCUT2D eigenvalue weighted by molar-refractivity contribution is 0.367. The van der Waals surface area contributed by atoms with Gasteiger partial charge in [-0.1, -0.05) is 56.3 Å². The zero-order valence-corrected chi connectivity index (χ0v) is 12.0. The van der Waals surface area contributed by atoms with Crippen LogP contribution in [0.4, 0.5) is 0 Å². The van der Waals surface area contributed by atoms with Crippen LogP contribution in [-0.4, -0.2) is 0 Å². The largest absolute Gasteiger partial charge is 0.321 e. The molecule has 1 aromatic rings. The van der Waals surface area contributed by atoms with E-state index in [9.17, 15) is 0 Å². The van der Waals surface area contributed by atoms with Gasteiger partial charge >= 0.3 is 0 Å². The molecule has 0 radical (unpaired) electrons. The highest BCUT2D eigenvalue weighted by atomic mass is 35.5. The van der Waals surface area contributed by atoms with E-state index in [0.29, 0.717) is 0 Å². The van der Waals surface area contributed by atoms with Crippen molar-refractivity contribution in [3.63, 3.8) is 0 Å². The summed E-state index contributed by atoms with van der Waals surface area (Å²) in [6.45, 7) is 2.28. The van der Waals surface area contributed by atoms with Gasteiger partial charge in [-0.3, -0.25) is 0 Å². The molecule has 2 rings (SSSR count). The average Bonchev–Trinajstić information content (AvgIpc) is 2.54. The van der Waals surface area contributed by atoms with E-state index in [1.807, 2.05) is 18.2 Å². The van der Waals surface area contributed by atoms with Gasteiger partial charge in [-0.15, -0.1) is 0 Å². The minimum Gasteiger partial charge on any atom is -0.321 e. The van der Waals surface area contributed by atoms with Gasteiger partial charge in [0.2, 0.25) is 0 Å². The Morgan fingerprint density at radius 2 is 2.17 bits per heavy atom. The van der Waals surface area contributed by atoms with Crippen molar-refractivity contribution in [2.75, 3.05) is 0 Å². The summed E-state index contributed by atoms with van der Waals surface area (Å²) in [6, 6.07) is 8.11. The highest BCUT2D eigenvalue weighted by Crippen LogP contribution is 2.37. The number of benzene rings is 1. The molecule has 0 heterocycles. The first kappa shape index (κ1) is 13.9. The molecule has 1 aliphatic carbocycles. The molecule has 100 valence electrons. The number of nitrogens with two attached hydrogens (primary N) is 1. The maximum absolute atomic E-state index is 6.65. The molecular formula is C16H24ClN. The summed E-state index contributed by atoms with van der Waals surface area (Å²) in [5.74, 6) is 0.875. The van der Waals surface area contributed by atoms with Gasteiger partial charge in [0.05, 0.1) is 0 Å². The third kappa shape index (κ3) is 3.27. The second-order valence-corrected chi connectivity index (χ2v) is 6.19. The van der Waals surface area contributed by atoms with Crippen molar-refractivity contribution in [3.05, 3.63) is 34.9 Å². The van der Waals surface area contributed by atoms with Crippen LogP contribution in [0.25, 0.3) is 0 Å². The highest BCUT2D eigenvalue weighted by Gasteiger charge is 2.30. The fourth-order valence-electron chi connectivity index (χ4n) is 3.22. The first-order valence-electron chi connectivity index (χ1n) is 7.19. The molecule has 0 saturated heterocycles. The second-order valence-electron chi connectivity index (χ2n) is 5.75. The van der Waals surface area contributed by atoms with Crippen molar-refractivity contribution < 1.29 is 0 Å². The molecule has 0 spiro atoms. The van der Waals surface area contributed by atoms with Crippen molar-refractivity contribution in [1.29, 1.82) is 0 Å². The van der Waals surface area contributed by atoms with E-state index in [-0.39, 0.29) is 5.54 Å². The van der Waals surface area contributed by atoms with Crippen LogP contribution in [-0.2, 0) is 5.54 Å². The Morgan fingerprint density at radius 1 is 1.33 bits per heavy atom. The number of hydrogen-bond donors (Lipinski definition) is 1. The van der Waals surface area contributed by atoms with Gasteiger partial charge in [-0.25, -0.2) is 0 Å². The summed E-state index contributed by atoms with van der Waals surface area (Å²) in [7, 11) is 0. The van der Waals surface area contributed by atoms with Crippen molar-refractivity contribution >= 4 is 11.6 Å². The SMILES string of the molecule is CCCC1CCCC(N)(c2cccc(Cl)c2)CC1. The molecule has 2 N–H and O–H groups in total. The van der Waals surface area contributed by atoms with E-state index >= 15 is 0 Å². The Bertz CT molecular complexity index is 390. The Labute approximate surface area is 116 Å². The zero-order valence-electron chi connectivity index (χ0n) is 11.3. The Hall–Kier alpha value is -0.530. The molecule has 0 aromatic heterocycles. The van der Waals surface area contributed by atoms with E-state index in [0.717, 1.165) is 23.8 Å². The summed E-state index contributed by atoms with van der Waals surface area (Å²) < 4.78 is 0. The molecule has 2 atom stereocenters. The summed E-state index contributed by atoms with van der Waals surface area (Å²) >= 11 is 6.09. The lowest BCUT2D eigenvalue weighted by Gasteiger charge is -2.29. The van der Waals surface area contributed by atoms with Crippen LogP contribution in [0.1, 0.15) is 57.4 Å². The van der Waals surface area contributed by atoms with Crippen LogP contribution in [0.15, 0.2) is 24.3 Å². The topological polar surface area (TPSA) is 26.0 Å². The first-order chi connectivity index (χ1) is 8.64. The van der Waals surface area contributed by atoms with Gasteiger partial charge in [0.15, 0.2) is 0 Å². The van der Waals surface area contributed by atoms with E-state index in [2.05, 4.69) is 13.0 Å². The number of rotatable bonds is 3. The normalized spacial score (nSPS) is 28.9. The predicted octanol–water partition coefficient (Wildman–Crippen LogP) is 4.87. The maximum atomic E-state index is 6.65. The Kier molecular flexibility index (Phi) is 4.69. The quantitative estimate of drug-likeness (QED) is 0.775. The van der Waals surface area contributed by atoms with E-state index < -0.39 is 0 Å². The molecule has 1 saturated carbocycles. The highest BCUT2D eigenvalue weighted by molar-refractivity contribution is 6.30. The molecule has 1 nitrogen and oxygen atoms in total. The van der Waals surface area contributed by atoms with Gasteiger partial charge in [-0.2, -0.15) is 0 Å². The Morgan fingerprint density at radius 3 is 2.89 bits per heavy atom. The monoisotopic (exact) mass is 265 g/mol. The summed E-state index contributed by atoms with van der Waals surface area (Å²) in [4.78, 5) is 0. The zero-order chi connectivity index (χ0) is 13.0. The van der Waals surface area contributed by atoms with Crippen LogP contribution in [0, 0.1) is 5.92 Å². The van der Waals surface area contributed by atoms with Gasteiger partial charge in [0.25, 0.3) is 0 Å². The predicted molar refractivity (Wildman–Crippen MR) is 78.8 cm³/mol. The smallest absolute Gasteiger partial charge is 0.0410 e. The molecular weight excluding hydrogens is 242 g/mol. The van der Waals surface area contributed by atoms with Crippen molar-refractivity contribution in [2.45, 2.75) is 57.4 Å². The third-order valence-corrected chi connectivity index (χ3v) is 4.57. The average molecular weight is 266 g/mol. The van der Waals surface area contributed by atoms with Gasteiger partial charge in [0, 0.05) is 10.6 Å². The van der Waals surface area contributed by atoms with Gasteiger partial charge in [-0.05, 0) is 42.9 Å². The molecule has 0 aliphatic heterocycles. The summed E-state index contributed by atoms with van der Waals surface area (Å²) in [6.07, 6.45) is 8.68. The first-order valence-corrected chi connectivity index (χ1v) is 7.57. The second kappa shape index (κ2) is 6.08.